The highest BCUT2D eigenvalue weighted by molar-refractivity contribution is 7.53. The van der Waals surface area contributed by atoms with Crippen LogP contribution in [0.25, 0.3) is 0 Å². The summed E-state index contributed by atoms with van der Waals surface area (Å²) in [6.45, 7) is 19.6. The van der Waals surface area contributed by atoms with Crippen molar-refractivity contribution in [3.63, 3.8) is 0 Å². The third-order valence-electron chi connectivity index (χ3n) is 5.23. The molecule has 0 aliphatic heterocycles. The minimum Gasteiger partial charge on any atom is -0.331 e. The maximum atomic E-state index is 14.3. The summed E-state index contributed by atoms with van der Waals surface area (Å²) < 4.78 is 34.2. The molecule has 0 spiro atoms. The quantitative estimate of drug-likeness (QED) is 0.144. The highest BCUT2D eigenvalue weighted by Crippen LogP contribution is 2.59. The molecule has 0 aliphatic rings. The van der Waals surface area contributed by atoms with Gasteiger partial charge in [0.1, 0.15) is 0 Å². The van der Waals surface area contributed by atoms with Crippen LogP contribution in [-0.4, -0.2) is 25.0 Å². The Labute approximate surface area is 185 Å². The smallest absolute Gasteiger partial charge is 0.331 e. The van der Waals surface area contributed by atoms with Crippen LogP contribution in [0.4, 0.5) is 0 Å². The second-order valence-corrected chi connectivity index (χ2v) is 24.7. The predicted octanol–water partition coefficient (Wildman–Crippen LogP) is 9.33. The van der Waals surface area contributed by atoms with Gasteiger partial charge in [0.05, 0.1) is 0 Å². The molecule has 29 heavy (non-hydrogen) atoms. The molecular weight excluding hydrogens is 431 g/mol. The van der Waals surface area contributed by atoms with Crippen LogP contribution in [0.3, 0.4) is 0 Å². The first-order valence-electron chi connectivity index (χ1n) is 12.2. The van der Waals surface area contributed by atoms with Crippen LogP contribution in [0.1, 0.15) is 80.1 Å². The van der Waals surface area contributed by atoms with E-state index in [9.17, 15) is 4.57 Å². The Morgan fingerprint density at radius 3 is 0.931 bits per heavy atom. The molecule has 0 atom stereocenters. The van der Waals surface area contributed by atoms with Gasteiger partial charge in [-0.1, -0.05) is 80.1 Å². The van der Waals surface area contributed by atoms with Crippen LogP contribution in [0.5, 0.6) is 0 Å². The van der Waals surface area contributed by atoms with Crippen molar-refractivity contribution in [3.8, 4) is 0 Å². The second kappa shape index (κ2) is 14.0. The van der Waals surface area contributed by atoms with Gasteiger partial charge in [-0.05, 0) is 55.9 Å². The van der Waals surface area contributed by atoms with Crippen molar-refractivity contribution in [1.82, 2.24) is 0 Å². The first-order chi connectivity index (χ1) is 13.5. The van der Waals surface area contributed by atoms with Crippen molar-refractivity contribution in [2.75, 3.05) is 0 Å². The van der Waals surface area contributed by atoms with Gasteiger partial charge in [0.2, 0.25) is 16.6 Å². The van der Waals surface area contributed by atoms with Crippen molar-refractivity contribution < 1.29 is 17.2 Å². The standard InChI is InChI=1S/C21H51O4PSi3/c1-10-16-28(17-11-2,18-12-3)24-26(22,23-27(7,8)9)25-29(19-13-4,20-14-5)21-15-6/h10-21H2,1-9H3. The Morgan fingerprint density at radius 1 is 0.517 bits per heavy atom. The molecule has 0 bridgehead atoms. The molecule has 0 radical (unpaired) electrons. The molecular formula is C21H51O4PSi3. The largest absolute Gasteiger partial charge is 0.445 e. The Hall–Kier alpha value is 0.761. The lowest BCUT2D eigenvalue weighted by Gasteiger charge is -2.40. The van der Waals surface area contributed by atoms with E-state index in [2.05, 4.69) is 61.2 Å². The van der Waals surface area contributed by atoms with Crippen molar-refractivity contribution >= 4 is 32.8 Å². The molecule has 4 nitrogen and oxygen atoms in total. The lowest BCUT2D eigenvalue weighted by Crippen LogP contribution is -2.43. The topological polar surface area (TPSA) is 44.8 Å². The third kappa shape index (κ3) is 11.3. The van der Waals surface area contributed by atoms with Crippen LogP contribution >= 0.6 is 7.82 Å². The third-order valence-corrected chi connectivity index (χ3v) is 21.7. The monoisotopic (exact) mass is 482 g/mol. The zero-order valence-electron chi connectivity index (χ0n) is 21.1. The zero-order valence-corrected chi connectivity index (χ0v) is 25.0. The maximum absolute atomic E-state index is 14.3. The van der Waals surface area contributed by atoms with Crippen LogP contribution in [-0.2, 0) is 17.2 Å². The van der Waals surface area contributed by atoms with E-state index in [4.69, 9.17) is 12.6 Å². The lowest BCUT2D eigenvalue weighted by molar-refractivity contribution is 0.282. The Bertz CT molecular complexity index is 417. The van der Waals surface area contributed by atoms with Gasteiger partial charge in [0.15, 0.2) is 8.32 Å². The Morgan fingerprint density at radius 2 is 0.759 bits per heavy atom. The molecule has 0 saturated carbocycles. The van der Waals surface area contributed by atoms with E-state index in [1.165, 1.54) is 0 Å². The van der Waals surface area contributed by atoms with E-state index in [1.807, 2.05) is 0 Å². The summed E-state index contributed by atoms with van der Waals surface area (Å²) in [5, 5.41) is 0. The van der Waals surface area contributed by atoms with Crippen LogP contribution in [0.2, 0.25) is 55.9 Å². The molecule has 0 aliphatic carbocycles. The minimum atomic E-state index is -3.58. The van der Waals surface area contributed by atoms with Crippen LogP contribution in [0, 0.1) is 0 Å². The SMILES string of the molecule is CCC[Si](CCC)(CCC)OP(=O)(O[Si](C)(C)C)O[Si](CCC)(CCC)CCC. The maximum Gasteiger partial charge on any atom is 0.445 e. The van der Waals surface area contributed by atoms with Crippen LogP contribution in [0.15, 0.2) is 0 Å². The molecule has 0 rings (SSSR count). The summed E-state index contributed by atoms with van der Waals surface area (Å²) in [6.07, 6.45) is 6.42. The Kier molecular flexibility index (Phi) is 14.4. The lowest BCUT2D eigenvalue weighted by atomic mass is 10.6. The fourth-order valence-electron chi connectivity index (χ4n) is 4.62. The number of hydrogen-bond acceptors (Lipinski definition) is 4. The summed E-state index contributed by atoms with van der Waals surface area (Å²) in [5.41, 5.74) is 0. The molecule has 0 aromatic heterocycles. The highest BCUT2D eigenvalue weighted by atomic mass is 31.2. The molecule has 0 fully saturated rings. The van der Waals surface area contributed by atoms with Gasteiger partial charge in [-0.2, -0.15) is 0 Å². The van der Waals surface area contributed by atoms with Crippen molar-refractivity contribution in [3.05, 3.63) is 0 Å². The number of rotatable bonds is 18. The first kappa shape index (κ1) is 29.8. The van der Waals surface area contributed by atoms with Gasteiger partial charge < -0.3 is 12.6 Å². The molecule has 8 heteroatoms. The van der Waals surface area contributed by atoms with Gasteiger partial charge >= 0.3 is 7.82 Å². The number of hydrogen-bond donors (Lipinski definition) is 0. The first-order valence-corrected chi connectivity index (χ1v) is 22.1. The molecule has 0 amide bonds. The van der Waals surface area contributed by atoms with Crippen molar-refractivity contribution in [2.24, 2.45) is 0 Å². The Balaban J connectivity index is 6.16. The van der Waals surface area contributed by atoms with Gasteiger partial charge in [0, 0.05) is 0 Å². The van der Waals surface area contributed by atoms with E-state index in [-0.39, 0.29) is 0 Å². The average molecular weight is 483 g/mol. The molecule has 0 N–H and O–H groups in total. The molecule has 0 unspecified atom stereocenters. The highest BCUT2D eigenvalue weighted by Gasteiger charge is 2.49. The van der Waals surface area contributed by atoms with E-state index in [0.717, 1.165) is 74.8 Å². The molecule has 0 heterocycles. The number of phosphoric acid groups is 1. The normalized spacial score (nSPS) is 13.8. The fraction of sp³-hybridized carbons (Fsp3) is 1.00. The molecule has 0 aromatic carbocycles. The van der Waals surface area contributed by atoms with E-state index in [0.29, 0.717) is 0 Å². The summed E-state index contributed by atoms with van der Waals surface area (Å²) in [6, 6.07) is 6.26. The minimum absolute atomic E-state index is 1.04. The van der Waals surface area contributed by atoms with Gasteiger partial charge in [0.25, 0.3) is 0 Å². The van der Waals surface area contributed by atoms with Crippen LogP contribution < -0.4 is 0 Å². The van der Waals surface area contributed by atoms with Gasteiger partial charge in [-0.25, -0.2) is 4.57 Å². The van der Waals surface area contributed by atoms with E-state index < -0.39 is 32.8 Å². The van der Waals surface area contributed by atoms with E-state index >= 15 is 0 Å². The average Bonchev–Trinajstić information content (AvgIpc) is 2.53. The molecule has 0 saturated heterocycles. The van der Waals surface area contributed by atoms with Crippen molar-refractivity contribution in [2.45, 2.75) is 136 Å². The van der Waals surface area contributed by atoms with Gasteiger partial charge in [-0.3, -0.25) is 0 Å². The molecule has 0 aromatic rings. The predicted molar refractivity (Wildman–Crippen MR) is 136 cm³/mol. The summed E-state index contributed by atoms with van der Waals surface area (Å²) in [4.78, 5) is 0. The van der Waals surface area contributed by atoms with E-state index in [1.54, 1.807) is 0 Å². The summed E-state index contributed by atoms with van der Waals surface area (Å²) >= 11 is 0. The summed E-state index contributed by atoms with van der Waals surface area (Å²) in [5.74, 6) is 0. The molecule has 176 valence electrons. The summed E-state index contributed by atoms with van der Waals surface area (Å²) in [7, 11) is -10.0. The zero-order chi connectivity index (χ0) is 22.6. The second-order valence-electron chi connectivity index (χ2n) is 9.70. The van der Waals surface area contributed by atoms with Crippen molar-refractivity contribution in [1.29, 1.82) is 0 Å². The van der Waals surface area contributed by atoms with Gasteiger partial charge in [-0.15, -0.1) is 0 Å². The fourth-order valence-corrected chi connectivity index (χ4v) is 21.7.